The minimum absolute atomic E-state index is 0.644. The lowest BCUT2D eigenvalue weighted by Crippen LogP contribution is -2.36. The summed E-state index contributed by atoms with van der Waals surface area (Å²) in [5.74, 6) is 0. The molecule has 0 radical (unpaired) electrons. The second kappa shape index (κ2) is 3.34. The number of rotatable bonds is 0. The van der Waals surface area contributed by atoms with Gasteiger partial charge in [0.1, 0.15) is 0 Å². The molecule has 14 heavy (non-hydrogen) atoms. The molecule has 72 valence electrons. The second-order valence-corrected chi connectivity index (χ2v) is 3.23. The molecule has 0 spiro atoms. The Morgan fingerprint density at radius 2 is 2.21 bits per heavy atom. The molecule has 2 N–H and O–H groups in total. The first kappa shape index (κ1) is 9.08. The van der Waals surface area contributed by atoms with Crippen LogP contribution in [-0.2, 0) is 0 Å². The monoisotopic (exact) mass is 254 g/mol. The Hall–Kier alpha value is -1.49. The molecule has 1 amide bonds. The first-order valence-electron chi connectivity index (χ1n) is 3.93. The molecule has 0 aromatic heterocycles. The number of carboxylic acid groups (broad SMARTS) is 1. The summed E-state index contributed by atoms with van der Waals surface area (Å²) in [7, 11) is 0. The third-order valence-corrected chi connectivity index (χ3v) is 2.43. The number of benzene rings is 1. The van der Waals surface area contributed by atoms with Crippen molar-refractivity contribution in [2.45, 2.75) is 0 Å². The maximum absolute atomic E-state index is 10.8. The maximum atomic E-state index is 10.8. The Bertz CT molecular complexity index is 417. The van der Waals surface area contributed by atoms with E-state index in [1.54, 1.807) is 17.1 Å². The number of fused-ring (bicyclic) bond motifs is 1. The Morgan fingerprint density at radius 1 is 1.50 bits per heavy atom. The van der Waals surface area contributed by atoms with E-state index in [0.717, 1.165) is 16.3 Å². The zero-order chi connectivity index (χ0) is 10.1. The van der Waals surface area contributed by atoms with Crippen molar-refractivity contribution in [1.82, 2.24) is 5.43 Å². The van der Waals surface area contributed by atoms with Gasteiger partial charge in [-0.25, -0.2) is 4.79 Å². The van der Waals surface area contributed by atoms with Gasteiger partial charge < -0.3 is 5.11 Å². The molecular weight excluding hydrogens is 248 g/mol. The molecule has 1 heterocycles. The number of nitrogens with zero attached hydrogens (tertiary/aromatic N) is 1. The summed E-state index contributed by atoms with van der Waals surface area (Å²) in [5, 5.41) is 9.98. The van der Waals surface area contributed by atoms with E-state index >= 15 is 0 Å². The summed E-state index contributed by atoms with van der Waals surface area (Å²) in [5.41, 5.74) is 5.00. The van der Waals surface area contributed by atoms with E-state index in [-0.39, 0.29) is 0 Å². The van der Waals surface area contributed by atoms with Crippen LogP contribution in [0.1, 0.15) is 5.56 Å². The normalized spacial score (nSPS) is 16.6. The van der Waals surface area contributed by atoms with E-state index in [9.17, 15) is 4.79 Å². The highest BCUT2D eigenvalue weighted by Crippen LogP contribution is 2.32. The van der Waals surface area contributed by atoms with E-state index in [1.165, 1.54) is 0 Å². The van der Waals surface area contributed by atoms with Crippen molar-refractivity contribution in [3.8, 4) is 0 Å². The summed E-state index contributed by atoms with van der Waals surface area (Å²) in [6.07, 6.45) is -1.03. The number of hydrazine groups is 1. The van der Waals surface area contributed by atoms with E-state index < -0.39 is 6.09 Å². The van der Waals surface area contributed by atoms with Crippen LogP contribution in [0.15, 0.2) is 29.3 Å². The summed E-state index contributed by atoms with van der Waals surface area (Å²) in [4.78, 5) is 12.5. The van der Waals surface area contributed by atoms with Crippen molar-refractivity contribution in [3.63, 3.8) is 0 Å². The molecule has 0 atom stereocenters. The number of hydrogen-bond acceptors (Lipinski definition) is 2. The smallest absolute Gasteiger partial charge is 0.430 e. The van der Waals surface area contributed by atoms with Crippen LogP contribution < -0.4 is 10.4 Å². The van der Waals surface area contributed by atoms with Gasteiger partial charge in [-0.2, -0.15) is 5.01 Å². The van der Waals surface area contributed by atoms with Crippen molar-refractivity contribution in [3.05, 3.63) is 34.8 Å². The van der Waals surface area contributed by atoms with Crippen LogP contribution in [0.4, 0.5) is 10.5 Å². The molecule has 5 heteroatoms. The Labute approximate surface area is 88.9 Å². The molecule has 4 nitrogen and oxygen atoms in total. The third kappa shape index (κ3) is 1.26. The van der Waals surface area contributed by atoms with Crippen LogP contribution in [-0.4, -0.2) is 11.2 Å². The zero-order valence-corrected chi connectivity index (χ0v) is 8.65. The fourth-order valence-electron chi connectivity index (χ4n) is 1.37. The minimum atomic E-state index is -1.03. The number of halogens is 1. The molecule has 1 aliphatic heterocycles. The van der Waals surface area contributed by atoms with Gasteiger partial charge in [-0.3, -0.25) is 5.43 Å². The van der Waals surface area contributed by atoms with Crippen LogP contribution >= 0.6 is 15.9 Å². The fourth-order valence-corrected chi connectivity index (χ4v) is 1.72. The molecule has 2 rings (SSSR count). The molecular formula is C9H7BrN2O2. The van der Waals surface area contributed by atoms with Crippen molar-refractivity contribution in [2.24, 2.45) is 0 Å². The minimum Gasteiger partial charge on any atom is -0.463 e. The molecule has 0 aliphatic carbocycles. The molecule has 0 fully saturated rings. The Balaban J connectivity index is 2.54. The molecule has 1 aromatic carbocycles. The van der Waals surface area contributed by atoms with Crippen molar-refractivity contribution in [1.29, 1.82) is 0 Å². The van der Waals surface area contributed by atoms with Crippen LogP contribution in [0.5, 0.6) is 0 Å². The fraction of sp³-hybridized carbons (Fsp3) is 0. The first-order chi connectivity index (χ1) is 6.74. The summed E-state index contributed by atoms with van der Waals surface area (Å²) in [6.45, 7) is 0. The van der Waals surface area contributed by atoms with Gasteiger partial charge in [0.15, 0.2) is 0 Å². The molecule has 0 saturated heterocycles. The van der Waals surface area contributed by atoms with Crippen LogP contribution in [0.25, 0.3) is 5.70 Å². The van der Waals surface area contributed by atoms with Gasteiger partial charge in [0.05, 0.1) is 11.4 Å². The van der Waals surface area contributed by atoms with Gasteiger partial charge in [-0.05, 0) is 6.07 Å². The number of amides is 1. The number of anilines is 1. The van der Waals surface area contributed by atoms with Gasteiger partial charge >= 0.3 is 6.09 Å². The largest absolute Gasteiger partial charge is 0.463 e. The van der Waals surface area contributed by atoms with E-state index in [4.69, 9.17) is 5.11 Å². The van der Waals surface area contributed by atoms with E-state index in [2.05, 4.69) is 21.4 Å². The summed E-state index contributed by atoms with van der Waals surface area (Å²) in [6, 6.07) is 7.27. The Kier molecular flexibility index (Phi) is 2.17. The zero-order valence-electron chi connectivity index (χ0n) is 7.07. The van der Waals surface area contributed by atoms with E-state index in [1.807, 2.05) is 12.1 Å². The molecule has 0 bridgehead atoms. The summed E-state index contributed by atoms with van der Waals surface area (Å²) >= 11 is 3.18. The van der Waals surface area contributed by atoms with Gasteiger partial charge in [-0.15, -0.1) is 0 Å². The lowest BCUT2D eigenvalue weighted by molar-refractivity contribution is 0.200. The molecule has 1 aliphatic rings. The molecule has 0 saturated carbocycles. The second-order valence-electron chi connectivity index (χ2n) is 2.77. The van der Waals surface area contributed by atoms with Crippen molar-refractivity contribution < 1.29 is 9.90 Å². The summed E-state index contributed by atoms with van der Waals surface area (Å²) < 4.78 is 0. The highest BCUT2D eigenvalue weighted by molar-refractivity contribution is 9.11. The lowest BCUT2D eigenvalue weighted by Gasteiger charge is -2.12. The van der Waals surface area contributed by atoms with Crippen molar-refractivity contribution in [2.75, 3.05) is 5.01 Å². The maximum Gasteiger partial charge on any atom is 0.430 e. The average molecular weight is 255 g/mol. The SMILES string of the molecule is O=C(O)N1N/C(=C/Br)c2ccccc21. The topological polar surface area (TPSA) is 52.6 Å². The average Bonchev–Trinajstić information content (AvgIpc) is 2.56. The van der Waals surface area contributed by atoms with Gasteiger partial charge in [-0.1, -0.05) is 34.1 Å². The van der Waals surface area contributed by atoms with Crippen LogP contribution in [0.2, 0.25) is 0 Å². The quantitative estimate of drug-likeness (QED) is 0.748. The van der Waals surface area contributed by atoms with E-state index in [0.29, 0.717) is 5.69 Å². The third-order valence-electron chi connectivity index (χ3n) is 1.97. The van der Waals surface area contributed by atoms with Gasteiger partial charge in [0, 0.05) is 10.5 Å². The number of nitrogens with one attached hydrogen (secondary N) is 1. The predicted molar refractivity (Wildman–Crippen MR) is 57.0 cm³/mol. The highest BCUT2D eigenvalue weighted by atomic mass is 79.9. The van der Waals surface area contributed by atoms with Gasteiger partial charge in [0.25, 0.3) is 0 Å². The predicted octanol–water partition coefficient (Wildman–Crippen LogP) is 2.38. The van der Waals surface area contributed by atoms with Crippen LogP contribution in [0, 0.1) is 0 Å². The molecule has 0 unspecified atom stereocenters. The van der Waals surface area contributed by atoms with Crippen LogP contribution in [0.3, 0.4) is 0 Å². The molecule has 1 aromatic rings. The standard InChI is InChI=1S/C9H7BrN2O2/c10-5-7-6-3-1-2-4-8(6)12(11-7)9(13)14/h1-5,11H,(H,13,14)/b7-5+. The first-order valence-corrected chi connectivity index (χ1v) is 4.85. The lowest BCUT2D eigenvalue weighted by atomic mass is 10.1. The number of hydrogen-bond donors (Lipinski definition) is 2. The van der Waals surface area contributed by atoms with Gasteiger partial charge in [0.2, 0.25) is 0 Å². The Morgan fingerprint density at radius 3 is 2.86 bits per heavy atom. The number of para-hydroxylation sites is 1. The number of carbonyl (C=O) groups is 1. The highest BCUT2D eigenvalue weighted by Gasteiger charge is 2.26. The van der Waals surface area contributed by atoms with Crippen molar-refractivity contribution >= 4 is 33.4 Å².